The lowest BCUT2D eigenvalue weighted by Gasteiger charge is -2.26. The zero-order chi connectivity index (χ0) is 18.0. The van der Waals surface area contributed by atoms with Gasteiger partial charge in [-0.2, -0.15) is 0 Å². The van der Waals surface area contributed by atoms with Crippen molar-refractivity contribution in [1.82, 2.24) is 0 Å². The Morgan fingerprint density at radius 1 is 1.28 bits per heavy atom. The first-order valence-electron chi connectivity index (χ1n) is 7.50. The highest BCUT2D eigenvalue weighted by atomic mass is 35.5. The lowest BCUT2D eigenvalue weighted by molar-refractivity contribution is -0.147. The molecule has 1 aliphatic carbocycles. The first-order valence-corrected chi connectivity index (χ1v) is 8.03. The summed E-state index contributed by atoms with van der Waals surface area (Å²) in [7, 11) is 0. The first kappa shape index (κ1) is 17.0. The molecule has 1 aromatic rings. The quantitative estimate of drug-likeness (QED) is 0.384. The molecule has 0 radical (unpaired) electrons. The molecule has 1 atom stereocenters. The molecule has 1 heterocycles. The van der Waals surface area contributed by atoms with Crippen molar-refractivity contribution in [3.63, 3.8) is 0 Å². The Morgan fingerprint density at radius 2 is 2.04 bits per heavy atom. The molecule has 1 aliphatic heterocycles. The van der Waals surface area contributed by atoms with E-state index in [0.29, 0.717) is 17.9 Å². The van der Waals surface area contributed by atoms with Crippen LogP contribution in [0.1, 0.15) is 16.8 Å². The van der Waals surface area contributed by atoms with Crippen LogP contribution in [0.25, 0.3) is 0 Å². The third kappa shape index (κ3) is 3.49. The Bertz CT molecular complexity index is 853. The molecule has 0 aromatic heterocycles. The normalized spacial score (nSPS) is 19.0. The summed E-state index contributed by atoms with van der Waals surface area (Å²) in [4.78, 5) is 35.9. The molecule has 3 rings (SSSR count). The highest BCUT2D eigenvalue weighted by molar-refractivity contribution is 6.19. The van der Waals surface area contributed by atoms with E-state index in [1.165, 1.54) is 18.2 Å². The number of alkyl halides is 1. The second kappa shape index (κ2) is 6.94. The fraction of sp³-hybridized carbons (Fsp3) is 0.167. The number of halogens is 1. The molecule has 0 saturated heterocycles. The van der Waals surface area contributed by atoms with E-state index < -0.39 is 23.9 Å². The predicted molar refractivity (Wildman–Crippen MR) is 90.1 cm³/mol. The molecule has 0 fully saturated rings. The van der Waals surface area contributed by atoms with Crippen LogP contribution in [-0.2, 0) is 14.3 Å². The van der Waals surface area contributed by atoms with Gasteiger partial charge in [-0.05, 0) is 29.4 Å². The molecule has 2 aliphatic rings. The largest absolute Gasteiger partial charge is 0.453 e. The molecule has 0 bridgehead atoms. The minimum Gasteiger partial charge on any atom is -0.453 e. The van der Waals surface area contributed by atoms with Gasteiger partial charge >= 0.3 is 11.9 Å². The number of nitrogens with two attached hydrogens (primary N) is 1. The molecule has 1 amide bonds. The maximum atomic E-state index is 12.4. The molecule has 25 heavy (non-hydrogen) atoms. The number of hydrogen-bond donors (Lipinski definition) is 1. The third-order valence-electron chi connectivity index (χ3n) is 3.83. The summed E-state index contributed by atoms with van der Waals surface area (Å²) < 4.78 is 10.4. The molecule has 7 heteroatoms. The SMILES string of the molecule is NC(=O)c1ccccc1OC(=O)C1=CC2=CC(CCl)=CCC2OC1=O. The van der Waals surface area contributed by atoms with Gasteiger partial charge in [-0.25, -0.2) is 9.59 Å². The van der Waals surface area contributed by atoms with Crippen LogP contribution < -0.4 is 10.5 Å². The van der Waals surface area contributed by atoms with E-state index in [1.54, 1.807) is 18.2 Å². The summed E-state index contributed by atoms with van der Waals surface area (Å²) >= 11 is 5.82. The number of fused-ring (bicyclic) bond motifs is 1. The molecule has 128 valence electrons. The Morgan fingerprint density at radius 3 is 2.76 bits per heavy atom. The van der Waals surface area contributed by atoms with E-state index in [9.17, 15) is 14.4 Å². The summed E-state index contributed by atoms with van der Waals surface area (Å²) in [5.74, 6) is -2.12. The van der Waals surface area contributed by atoms with Gasteiger partial charge in [-0.1, -0.05) is 24.3 Å². The van der Waals surface area contributed by atoms with Crippen molar-refractivity contribution in [3.05, 3.63) is 64.8 Å². The van der Waals surface area contributed by atoms with Crippen LogP contribution in [0.4, 0.5) is 0 Å². The Labute approximate surface area is 148 Å². The highest BCUT2D eigenvalue weighted by Crippen LogP contribution is 2.29. The monoisotopic (exact) mass is 359 g/mol. The number of hydrogen-bond acceptors (Lipinski definition) is 5. The molecule has 0 saturated carbocycles. The average molecular weight is 360 g/mol. The Kier molecular flexibility index (Phi) is 4.72. The van der Waals surface area contributed by atoms with Crippen LogP contribution in [0.2, 0.25) is 0 Å². The minimum atomic E-state index is -0.917. The average Bonchev–Trinajstić information content (AvgIpc) is 2.61. The van der Waals surface area contributed by atoms with Crippen molar-refractivity contribution < 1.29 is 23.9 Å². The molecule has 0 spiro atoms. The first-order chi connectivity index (χ1) is 12.0. The number of allylic oxidation sites excluding steroid dienone is 2. The number of esters is 2. The van der Waals surface area contributed by atoms with Crippen LogP contribution in [0.3, 0.4) is 0 Å². The lowest BCUT2D eigenvalue weighted by Crippen LogP contribution is -2.31. The zero-order valence-corrected chi connectivity index (χ0v) is 13.8. The van der Waals surface area contributed by atoms with Crippen LogP contribution in [0, 0.1) is 0 Å². The number of amides is 1. The topological polar surface area (TPSA) is 95.7 Å². The Hall–Kier alpha value is -2.86. The molecule has 2 N–H and O–H groups in total. The van der Waals surface area contributed by atoms with Crippen molar-refractivity contribution >= 4 is 29.4 Å². The van der Waals surface area contributed by atoms with Crippen LogP contribution >= 0.6 is 11.6 Å². The second-order valence-electron chi connectivity index (χ2n) is 5.49. The number of para-hydroxylation sites is 1. The number of benzene rings is 1. The highest BCUT2D eigenvalue weighted by Gasteiger charge is 2.33. The fourth-order valence-electron chi connectivity index (χ4n) is 2.58. The van der Waals surface area contributed by atoms with Crippen LogP contribution in [0.5, 0.6) is 5.75 Å². The number of rotatable bonds is 4. The van der Waals surface area contributed by atoms with E-state index in [1.807, 2.05) is 6.08 Å². The van der Waals surface area contributed by atoms with Gasteiger partial charge < -0.3 is 15.2 Å². The fourth-order valence-corrected chi connectivity index (χ4v) is 2.77. The van der Waals surface area contributed by atoms with E-state index in [0.717, 1.165) is 5.57 Å². The lowest BCUT2D eigenvalue weighted by atomic mass is 9.93. The third-order valence-corrected chi connectivity index (χ3v) is 4.14. The molecule has 1 aromatic carbocycles. The van der Waals surface area contributed by atoms with Crippen LogP contribution in [-0.4, -0.2) is 29.8 Å². The number of carbonyl (C=O) groups excluding carboxylic acids is 3. The van der Waals surface area contributed by atoms with E-state index in [4.69, 9.17) is 26.8 Å². The van der Waals surface area contributed by atoms with E-state index in [-0.39, 0.29) is 16.9 Å². The zero-order valence-electron chi connectivity index (χ0n) is 13.0. The molecular formula is C18H14ClNO5. The predicted octanol–water partition coefficient (Wildman–Crippen LogP) is 2.04. The van der Waals surface area contributed by atoms with Crippen molar-refractivity contribution in [2.24, 2.45) is 5.73 Å². The van der Waals surface area contributed by atoms with E-state index >= 15 is 0 Å². The van der Waals surface area contributed by atoms with Gasteiger partial charge in [0.15, 0.2) is 0 Å². The van der Waals surface area contributed by atoms with Crippen LogP contribution in [0.15, 0.2) is 59.2 Å². The summed E-state index contributed by atoms with van der Waals surface area (Å²) in [5.41, 5.74) is 6.60. The van der Waals surface area contributed by atoms with Gasteiger partial charge in [0.2, 0.25) is 0 Å². The molecule has 6 nitrogen and oxygen atoms in total. The number of ether oxygens (including phenoxy) is 2. The minimum absolute atomic E-state index is 0.0187. The van der Waals surface area contributed by atoms with Crippen molar-refractivity contribution in [2.75, 3.05) is 5.88 Å². The van der Waals surface area contributed by atoms with Gasteiger partial charge in [0, 0.05) is 12.3 Å². The second-order valence-corrected chi connectivity index (χ2v) is 5.76. The van der Waals surface area contributed by atoms with E-state index in [2.05, 4.69) is 0 Å². The molecular weight excluding hydrogens is 346 g/mol. The summed E-state index contributed by atoms with van der Waals surface area (Å²) in [6, 6.07) is 6.02. The maximum Gasteiger partial charge on any atom is 0.351 e. The van der Waals surface area contributed by atoms with Gasteiger partial charge in [0.05, 0.1) is 5.56 Å². The Balaban J connectivity index is 1.88. The van der Waals surface area contributed by atoms with Gasteiger partial charge in [0.1, 0.15) is 17.4 Å². The van der Waals surface area contributed by atoms with Gasteiger partial charge in [-0.15, -0.1) is 11.6 Å². The van der Waals surface area contributed by atoms with Crippen molar-refractivity contribution in [2.45, 2.75) is 12.5 Å². The smallest absolute Gasteiger partial charge is 0.351 e. The summed E-state index contributed by atoms with van der Waals surface area (Å²) in [6.07, 6.45) is 5.16. The van der Waals surface area contributed by atoms with Gasteiger partial charge in [-0.3, -0.25) is 4.79 Å². The number of carbonyl (C=O) groups is 3. The number of primary amides is 1. The standard InChI is InChI=1S/C18H14ClNO5/c19-9-10-5-6-14-11(7-10)8-13(17(22)24-14)18(23)25-15-4-2-1-3-12(15)16(20)21/h1-5,7-8,14H,6,9H2,(H2,20,21). The van der Waals surface area contributed by atoms with Gasteiger partial charge in [0.25, 0.3) is 5.91 Å². The molecule has 1 unspecified atom stereocenters. The van der Waals surface area contributed by atoms with Crippen molar-refractivity contribution in [3.8, 4) is 5.75 Å². The van der Waals surface area contributed by atoms with Crippen molar-refractivity contribution in [1.29, 1.82) is 0 Å². The summed E-state index contributed by atoms with van der Waals surface area (Å²) in [5, 5.41) is 0. The maximum absolute atomic E-state index is 12.4. The summed E-state index contributed by atoms with van der Waals surface area (Å²) in [6.45, 7) is 0.